The Labute approximate surface area is 124 Å². The highest BCUT2D eigenvalue weighted by molar-refractivity contribution is 5.95. The molecule has 1 aliphatic rings. The Morgan fingerprint density at radius 3 is 2.43 bits per heavy atom. The summed E-state index contributed by atoms with van der Waals surface area (Å²) in [5.41, 5.74) is 0.513. The fraction of sp³-hybridized carbons (Fsp3) is 0.500. The van der Waals surface area contributed by atoms with E-state index in [1.54, 1.807) is 0 Å². The Bertz CT molecular complexity index is 482. The number of benzene rings is 1. The lowest BCUT2D eigenvalue weighted by Crippen LogP contribution is -2.43. The number of carbonyl (C=O) groups is 2. The van der Waals surface area contributed by atoms with Crippen LogP contribution in [0.1, 0.15) is 42.5 Å². The number of hydrogen-bond acceptors (Lipinski definition) is 2. The normalized spacial score (nSPS) is 14.8. The largest absolute Gasteiger partial charge is 0.338 e. The molecule has 0 bridgehead atoms. The molecule has 1 heterocycles. The lowest BCUT2D eigenvalue weighted by Gasteiger charge is -2.26. The number of ketones is 1. The van der Waals surface area contributed by atoms with Crippen molar-refractivity contribution in [3.05, 3.63) is 35.6 Å². The van der Waals surface area contributed by atoms with E-state index in [4.69, 9.17) is 0 Å². The van der Waals surface area contributed by atoms with Gasteiger partial charge in [0.05, 0.1) is 0 Å². The van der Waals surface area contributed by atoms with E-state index in [-0.39, 0.29) is 17.6 Å². The van der Waals surface area contributed by atoms with Gasteiger partial charge in [0.1, 0.15) is 5.82 Å². The monoisotopic (exact) mass is 292 g/mol. The summed E-state index contributed by atoms with van der Waals surface area (Å²) in [5.74, 6) is -0.373. The zero-order chi connectivity index (χ0) is 15.1. The maximum atomic E-state index is 12.8. The van der Waals surface area contributed by atoms with E-state index in [1.807, 2.05) is 4.90 Å². The first-order valence-electron chi connectivity index (χ1n) is 7.48. The van der Waals surface area contributed by atoms with Crippen molar-refractivity contribution < 1.29 is 14.0 Å². The van der Waals surface area contributed by atoms with E-state index in [1.165, 1.54) is 30.7 Å². The molecular weight excluding hydrogens is 271 g/mol. The summed E-state index contributed by atoms with van der Waals surface area (Å²) in [7, 11) is 0. The van der Waals surface area contributed by atoms with Crippen LogP contribution in [0.25, 0.3) is 0 Å². The molecule has 0 aromatic heterocycles. The van der Waals surface area contributed by atoms with Crippen molar-refractivity contribution >= 4 is 11.8 Å². The molecule has 1 aromatic carbocycles. The van der Waals surface area contributed by atoms with Gasteiger partial charge < -0.3 is 10.2 Å². The van der Waals surface area contributed by atoms with Gasteiger partial charge in [-0.25, -0.2) is 9.18 Å². The smallest absolute Gasteiger partial charge is 0.317 e. The zero-order valence-electron chi connectivity index (χ0n) is 12.1. The first-order valence-corrected chi connectivity index (χ1v) is 7.48. The molecule has 0 saturated carbocycles. The average molecular weight is 292 g/mol. The first kappa shape index (κ1) is 15.5. The summed E-state index contributed by atoms with van der Waals surface area (Å²) < 4.78 is 12.8. The predicted molar refractivity (Wildman–Crippen MR) is 78.8 cm³/mol. The lowest BCUT2D eigenvalue weighted by molar-refractivity contribution is 0.0979. The summed E-state index contributed by atoms with van der Waals surface area (Å²) in [6.07, 6.45) is 4.27. The van der Waals surface area contributed by atoms with E-state index in [0.29, 0.717) is 24.9 Å². The highest BCUT2D eigenvalue weighted by atomic mass is 19.1. The number of Topliss-reactive ketones (excluding diaryl/α,β-unsaturated/α-hetero) is 1. The molecule has 0 radical (unpaired) electrons. The molecule has 0 unspecified atom stereocenters. The van der Waals surface area contributed by atoms with Crippen molar-refractivity contribution in [3.8, 4) is 0 Å². The van der Waals surface area contributed by atoms with Gasteiger partial charge >= 0.3 is 6.03 Å². The summed E-state index contributed by atoms with van der Waals surface area (Å²) >= 11 is 0. The fourth-order valence-electron chi connectivity index (χ4n) is 2.43. The van der Waals surface area contributed by atoms with Gasteiger partial charge in [0.15, 0.2) is 5.78 Å². The first-order chi connectivity index (χ1) is 10.2. The van der Waals surface area contributed by atoms with Crippen LogP contribution in [0, 0.1) is 5.82 Å². The van der Waals surface area contributed by atoms with Crippen LogP contribution < -0.4 is 5.32 Å². The number of likely N-dealkylation sites (tertiary alicyclic amines) is 1. The van der Waals surface area contributed by atoms with Gasteiger partial charge in [0.2, 0.25) is 0 Å². The van der Waals surface area contributed by atoms with Crippen molar-refractivity contribution in [2.24, 2.45) is 0 Å². The van der Waals surface area contributed by atoms with Gasteiger partial charge in [-0.05, 0) is 49.9 Å². The van der Waals surface area contributed by atoms with Crippen LogP contribution in [0.15, 0.2) is 24.3 Å². The number of carbonyl (C=O) groups excluding carboxylic acids is 2. The minimum atomic E-state index is -0.347. The van der Waals surface area contributed by atoms with Gasteiger partial charge in [0.25, 0.3) is 0 Å². The summed E-state index contributed by atoms with van der Waals surface area (Å²) in [6, 6.07) is 5.51. The minimum Gasteiger partial charge on any atom is -0.338 e. The number of amides is 2. The van der Waals surface area contributed by atoms with Gasteiger partial charge in [-0.1, -0.05) is 0 Å². The van der Waals surface area contributed by atoms with E-state index in [2.05, 4.69) is 5.32 Å². The maximum Gasteiger partial charge on any atom is 0.317 e. The van der Waals surface area contributed by atoms with Crippen LogP contribution in [-0.2, 0) is 0 Å². The van der Waals surface area contributed by atoms with Gasteiger partial charge in [-0.2, -0.15) is 0 Å². The predicted octanol–water partition coefficient (Wildman–Crippen LogP) is 2.98. The third-order valence-corrected chi connectivity index (χ3v) is 3.67. The molecule has 1 aliphatic heterocycles. The number of nitrogens with one attached hydrogen (secondary N) is 1. The summed E-state index contributed by atoms with van der Waals surface area (Å²) in [6.45, 7) is 2.13. The number of halogens is 1. The number of nitrogens with zero attached hydrogens (tertiary/aromatic N) is 1. The van der Waals surface area contributed by atoms with E-state index in [0.717, 1.165) is 25.9 Å². The topological polar surface area (TPSA) is 49.4 Å². The molecule has 1 aromatic rings. The summed E-state index contributed by atoms with van der Waals surface area (Å²) in [5, 5.41) is 2.84. The van der Waals surface area contributed by atoms with Crippen molar-refractivity contribution in [2.45, 2.75) is 32.1 Å². The zero-order valence-corrected chi connectivity index (χ0v) is 12.1. The quantitative estimate of drug-likeness (QED) is 0.670. The molecule has 4 nitrogen and oxygen atoms in total. The molecule has 5 heteroatoms. The maximum absolute atomic E-state index is 12.8. The van der Waals surface area contributed by atoms with Gasteiger partial charge in [-0.3, -0.25) is 4.79 Å². The fourth-order valence-corrected chi connectivity index (χ4v) is 2.43. The number of rotatable bonds is 5. The van der Waals surface area contributed by atoms with Crippen LogP contribution in [0.3, 0.4) is 0 Å². The Kier molecular flexibility index (Phi) is 5.72. The SMILES string of the molecule is O=C(CCCNC(=O)N1CCCCC1)c1ccc(F)cc1. The lowest BCUT2D eigenvalue weighted by atomic mass is 10.1. The summed E-state index contributed by atoms with van der Waals surface area (Å²) in [4.78, 5) is 25.5. The van der Waals surface area contributed by atoms with Crippen LogP contribution in [0.2, 0.25) is 0 Å². The second-order valence-corrected chi connectivity index (χ2v) is 5.31. The van der Waals surface area contributed by atoms with Crippen molar-refractivity contribution in [1.82, 2.24) is 10.2 Å². The second kappa shape index (κ2) is 7.76. The van der Waals surface area contributed by atoms with E-state index >= 15 is 0 Å². The molecule has 1 fully saturated rings. The molecule has 0 aliphatic carbocycles. The van der Waals surface area contributed by atoms with Crippen LogP contribution in [-0.4, -0.2) is 36.3 Å². The minimum absolute atomic E-state index is 0.0257. The van der Waals surface area contributed by atoms with Crippen LogP contribution in [0.5, 0.6) is 0 Å². The highest BCUT2D eigenvalue weighted by Crippen LogP contribution is 2.09. The third-order valence-electron chi connectivity index (χ3n) is 3.67. The molecule has 1 saturated heterocycles. The van der Waals surface area contributed by atoms with Crippen molar-refractivity contribution in [1.29, 1.82) is 0 Å². The number of urea groups is 1. The van der Waals surface area contributed by atoms with Crippen molar-refractivity contribution in [3.63, 3.8) is 0 Å². The number of hydrogen-bond donors (Lipinski definition) is 1. The van der Waals surface area contributed by atoms with Crippen LogP contribution >= 0.6 is 0 Å². The molecule has 2 amide bonds. The molecule has 21 heavy (non-hydrogen) atoms. The highest BCUT2D eigenvalue weighted by Gasteiger charge is 2.15. The Morgan fingerprint density at radius 1 is 1.10 bits per heavy atom. The molecule has 1 N–H and O–H groups in total. The second-order valence-electron chi connectivity index (χ2n) is 5.31. The van der Waals surface area contributed by atoms with Gasteiger partial charge in [0, 0.05) is 31.6 Å². The average Bonchev–Trinajstić information content (AvgIpc) is 2.52. The molecule has 0 atom stereocenters. The Morgan fingerprint density at radius 2 is 1.76 bits per heavy atom. The number of piperidine rings is 1. The van der Waals surface area contributed by atoms with Crippen molar-refractivity contribution in [2.75, 3.05) is 19.6 Å². The molecule has 114 valence electrons. The third kappa shape index (κ3) is 4.85. The van der Waals surface area contributed by atoms with Gasteiger partial charge in [-0.15, -0.1) is 0 Å². The standard InChI is InChI=1S/C16H21FN2O2/c17-14-8-6-13(7-9-14)15(20)5-4-10-18-16(21)19-11-2-1-3-12-19/h6-9H,1-5,10-12H2,(H,18,21). The molecule has 2 rings (SSSR count). The van der Waals surface area contributed by atoms with E-state index in [9.17, 15) is 14.0 Å². The van der Waals surface area contributed by atoms with E-state index < -0.39 is 0 Å². The molecule has 0 spiro atoms. The Balaban J connectivity index is 1.66. The molecular formula is C16H21FN2O2. The Hall–Kier alpha value is -1.91. The van der Waals surface area contributed by atoms with Crippen LogP contribution in [0.4, 0.5) is 9.18 Å².